The third-order valence-corrected chi connectivity index (χ3v) is 11.9. The van der Waals surface area contributed by atoms with E-state index < -0.39 is 0 Å². The van der Waals surface area contributed by atoms with Crippen LogP contribution in [0.4, 0.5) is 11.4 Å². The molecule has 0 radical (unpaired) electrons. The first-order chi connectivity index (χ1) is 30.3. The first-order valence-electron chi connectivity index (χ1n) is 21.9. The van der Waals surface area contributed by atoms with Crippen molar-refractivity contribution in [3.8, 4) is 16.9 Å². The van der Waals surface area contributed by atoms with Gasteiger partial charge in [-0.2, -0.15) is 0 Å². The van der Waals surface area contributed by atoms with Crippen molar-refractivity contribution in [2.45, 2.75) is 52.9 Å². The van der Waals surface area contributed by atoms with Crippen molar-refractivity contribution in [3.63, 3.8) is 0 Å². The lowest BCUT2D eigenvalue weighted by molar-refractivity contribution is 0.415. The number of hydrogen-bond acceptors (Lipinski definition) is 5. The van der Waals surface area contributed by atoms with Crippen molar-refractivity contribution in [1.29, 1.82) is 0 Å². The molecule has 62 heavy (non-hydrogen) atoms. The standard InChI is InChI=1S/C57H56N4O/c1-7-40-10-16-45(17-11-40)54-49(36-58-56(54)47-18-12-41(8-2)13-19-47)34-38(4)60-51-28-22-43(23-29-51)44-24-30-52(31-25-44)61-39(5)35-50-37-59-57(48-20-14-42(9-3)15-21-48)55(50)46-26-32-53(62-6)33-27-46/h10-33,60-61H,4-5,7-9,34-37H2,1-3,6H3. The molecule has 310 valence electrons. The summed E-state index contributed by atoms with van der Waals surface area (Å²) in [5.74, 6) is 0.836. The first-order valence-corrected chi connectivity index (χ1v) is 21.9. The van der Waals surface area contributed by atoms with Crippen molar-refractivity contribution in [2.24, 2.45) is 9.98 Å². The second kappa shape index (κ2) is 19.2. The van der Waals surface area contributed by atoms with Gasteiger partial charge in [-0.3, -0.25) is 9.98 Å². The molecule has 2 aliphatic rings. The Morgan fingerprint density at radius 2 is 0.774 bits per heavy atom. The van der Waals surface area contributed by atoms with Gasteiger partial charge in [-0.1, -0.05) is 143 Å². The van der Waals surface area contributed by atoms with E-state index in [4.69, 9.17) is 14.7 Å². The fourth-order valence-electron chi connectivity index (χ4n) is 8.41. The van der Waals surface area contributed by atoms with Gasteiger partial charge < -0.3 is 15.4 Å². The summed E-state index contributed by atoms with van der Waals surface area (Å²) in [4.78, 5) is 10.1. The predicted molar refractivity (Wildman–Crippen MR) is 264 cm³/mol. The fraction of sp³-hybridized carbons (Fsp3) is 0.193. The number of rotatable bonds is 17. The van der Waals surface area contributed by atoms with Crippen LogP contribution in [-0.2, 0) is 19.3 Å². The van der Waals surface area contributed by atoms with E-state index in [1.54, 1.807) is 7.11 Å². The van der Waals surface area contributed by atoms with Crippen LogP contribution in [0.25, 0.3) is 22.3 Å². The molecule has 6 aromatic carbocycles. The van der Waals surface area contributed by atoms with E-state index in [0.717, 1.165) is 87.0 Å². The van der Waals surface area contributed by atoms with Gasteiger partial charge in [-0.15, -0.1) is 0 Å². The Morgan fingerprint density at radius 3 is 1.11 bits per heavy atom. The number of nitrogens with one attached hydrogen (secondary N) is 2. The monoisotopic (exact) mass is 812 g/mol. The Kier molecular flexibility index (Phi) is 12.9. The highest BCUT2D eigenvalue weighted by Gasteiger charge is 2.25. The second-order valence-electron chi connectivity index (χ2n) is 16.1. The minimum atomic E-state index is 0.639. The molecule has 2 aliphatic heterocycles. The molecule has 5 nitrogen and oxygen atoms in total. The van der Waals surface area contributed by atoms with E-state index in [1.807, 2.05) is 12.1 Å². The van der Waals surface area contributed by atoms with Gasteiger partial charge in [0.2, 0.25) is 0 Å². The van der Waals surface area contributed by atoms with Crippen LogP contribution in [0, 0.1) is 0 Å². The SMILES string of the molecule is C=C(CC1=C(c2ccc(CC)cc2)C(c2ccc(CC)cc2)=NC1)Nc1ccc(-c2ccc(NC(=C)CC3=C(c4ccc(OC)cc4)C(c4ccc(CC)cc4)=NC3)cc2)cc1. The number of hydrogen-bond donors (Lipinski definition) is 2. The van der Waals surface area contributed by atoms with Crippen molar-refractivity contribution in [2.75, 3.05) is 30.8 Å². The van der Waals surface area contributed by atoms with Gasteiger partial charge >= 0.3 is 0 Å². The molecule has 0 aliphatic carbocycles. The predicted octanol–water partition coefficient (Wildman–Crippen LogP) is 13.6. The lowest BCUT2D eigenvalue weighted by atomic mass is 9.91. The average molecular weight is 813 g/mol. The van der Waals surface area contributed by atoms with Crippen molar-refractivity contribution in [3.05, 3.63) is 220 Å². The summed E-state index contributed by atoms with van der Waals surface area (Å²) in [6.07, 6.45) is 4.45. The molecule has 0 atom stereocenters. The van der Waals surface area contributed by atoms with Gasteiger partial charge in [0.1, 0.15) is 5.75 Å². The van der Waals surface area contributed by atoms with Gasteiger partial charge in [0.05, 0.1) is 31.6 Å². The Morgan fingerprint density at radius 1 is 0.452 bits per heavy atom. The third kappa shape index (κ3) is 9.48. The maximum atomic E-state index is 5.46. The molecule has 6 aromatic rings. The minimum absolute atomic E-state index is 0.639. The van der Waals surface area contributed by atoms with Crippen LogP contribution in [0.15, 0.2) is 191 Å². The maximum absolute atomic E-state index is 5.46. The van der Waals surface area contributed by atoms with Gasteiger partial charge in [0.15, 0.2) is 0 Å². The topological polar surface area (TPSA) is 58.0 Å². The van der Waals surface area contributed by atoms with Crippen LogP contribution in [0.3, 0.4) is 0 Å². The highest BCUT2D eigenvalue weighted by atomic mass is 16.5. The first kappa shape index (κ1) is 41.7. The molecule has 0 saturated carbocycles. The zero-order chi connectivity index (χ0) is 43.0. The number of aryl methyl sites for hydroxylation is 3. The summed E-state index contributed by atoms with van der Waals surface area (Å²) in [7, 11) is 1.70. The van der Waals surface area contributed by atoms with E-state index in [0.29, 0.717) is 25.9 Å². The van der Waals surface area contributed by atoms with Crippen molar-refractivity contribution in [1.82, 2.24) is 0 Å². The summed E-state index contributed by atoms with van der Waals surface area (Å²) in [5, 5.41) is 7.16. The minimum Gasteiger partial charge on any atom is -0.497 e. The summed E-state index contributed by atoms with van der Waals surface area (Å²) in [6.45, 7) is 16.8. The van der Waals surface area contributed by atoms with Gasteiger partial charge in [0.25, 0.3) is 0 Å². The van der Waals surface area contributed by atoms with Gasteiger partial charge in [-0.05, 0) is 106 Å². The summed E-state index contributed by atoms with van der Waals surface area (Å²) in [5.41, 5.74) is 21.8. The van der Waals surface area contributed by atoms with Crippen LogP contribution in [0.1, 0.15) is 72.6 Å². The highest BCUT2D eigenvalue weighted by molar-refractivity contribution is 6.34. The number of allylic oxidation sites excluding steroid dienone is 4. The Balaban J connectivity index is 0.918. The molecule has 2 heterocycles. The van der Waals surface area contributed by atoms with Crippen molar-refractivity contribution >= 4 is 33.9 Å². The summed E-state index contributed by atoms with van der Waals surface area (Å²) in [6, 6.07) is 52.0. The summed E-state index contributed by atoms with van der Waals surface area (Å²) < 4.78 is 5.46. The van der Waals surface area contributed by atoms with Crippen LogP contribution < -0.4 is 15.4 Å². The molecule has 2 N–H and O–H groups in total. The number of benzene rings is 6. The normalized spacial score (nSPS) is 13.5. The third-order valence-electron chi connectivity index (χ3n) is 11.9. The molecular formula is C57H56N4O. The molecule has 0 amide bonds. The van der Waals surface area contributed by atoms with Crippen LogP contribution in [-0.4, -0.2) is 31.6 Å². The van der Waals surface area contributed by atoms with E-state index >= 15 is 0 Å². The van der Waals surface area contributed by atoms with E-state index in [9.17, 15) is 0 Å². The summed E-state index contributed by atoms with van der Waals surface area (Å²) >= 11 is 0. The van der Waals surface area contributed by atoms with Crippen LogP contribution in [0.2, 0.25) is 0 Å². The Hall–Kier alpha value is -6.98. The molecular weight excluding hydrogens is 757 g/mol. The smallest absolute Gasteiger partial charge is 0.118 e. The van der Waals surface area contributed by atoms with Gasteiger partial charge in [-0.25, -0.2) is 0 Å². The van der Waals surface area contributed by atoms with Gasteiger partial charge in [0, 0.05) is 57.9 Å². The van der Waals surface area contributed by atoms with Crippen LogP contribution >= 0.6 is 0 Å². The molecule has 0 fully saturated rings. The average Bonchev–Trinajstić information content (AvgIpc) is 3.93. The zero-order valence-electron chi connectivity index (χ0n) is 36.5. The molecule has 8 rings (SSSR count). The number of ether oxygens (including phenoxy) is 1. The Bertz CT molecular complexity index is 2490. The van der Waals surface area contributed by atoms with E-state index in [1.165, 1.54) is 44.5 Å². The molecule has 0 aromatic heterocycles. The number of methoxy groups -OCH3 is 1. The zero-order valence-corrected chi connectivity index (χ0v) is 36.5. The maximum Gasteiger partial charge on any atom is 0.118 e. The lowest BCUT2D eigenvalue weighted by Crippen LogP contribution is -2.05. The van der Waals surface area contributed by atoms with E-state index in [2.05, 4.69) is 178 Å². The number of aliphatic imine (C=N–C) groups is 2. The second-order valence-corrected chi connectivity index (χ2v) is 16.1. The molecule has 0 bridgehead atoms. The lowest BCUT2D eigenvalue weighted by Gasteiger charge is -2.15. The fourth-order valence-corrected chi connectivity index (χ4v) is 8.41. The Labute approximate surface area is 368 Å². The largest absolute Gasteiger partial charge is 0.497 e. The highest BCUT2D eigenvalue weighted by Crippen LogP contribution is 2.36. The number of anilines is 2. The van der Waals surface area contributed by atoms with Crippen molar-refractivity contribution < 1.29 is 4.74 Å². The molecule has 0 saturated heterocycles. The molecule has 0 spiro atoms. The van der Waals surface area contributed by atoms with E-state index in [-0.39, 0.29) is 0 Å². The molecule has 0 unspecified atom stereocenters. The quantitative estimate of drug-likeness (QED) is 0.0964. The number of nitrogens with zero attached hydrogens (tertiary/aromatic N) is 2. The molecule has 5 heteroatoms. The van der Waals surface area contributed by atoms with Crippen LogP contribution in [0.5, 0.6) is 5.75 Å².